The maximum absolute atomic E-state index is 13.9. The van der Waals surface area contributed by atoms with E-state index >= 15 is 0 Å². The first kappa shape index (κ1) is 41.6. The van der Waals surface area contributed by atoms with Crippen molar-refractivity contribution >= 4 is 58.2 Å². The lowest BCUT2D eigenvalue weighted by atomic mass is 10.00. The Labute approximate surface area is 293 Å². The Hall–Kier alpha value is -5.56. The molecule has 0 saturated carbocycles. The van der Waals surface area contributed by atoms with Crippen molar-refractivity contribution in [1.82, 2.24) is 31.6 Å². The number of para-hydroxylation sites is 1. The van der Waals surface area contributed by atoms with Crippen molar-refractivity contribution in [1.29, 1.82) is 0 Å². The number of hydrogen-bond acceptors (Lipinski definition) is 10. The summed E-state index contributed by atoms with van der Waals surface area (Å²) in [6.45, 7) is 3.83. The van der Waals surface area contributed by atoms with Crippen LogP contribution in [-0.2, 0) is 44.8 Å². The van der Waals surface area contributed by atoms with Crippen LogP contribution in [0.2, 0.25) is 0 Å². The zero-order valence-corrected chi connectivity index (χ0v) is 28.6. The van der Waals surface area contributed by atoms with E-state index < -0.39 is 96.6 Å². The summed E-state index contributed by atoms with van der Waals surface area (Å²) in [5, 5.41) is 31.6. The molecule has 7 amide bonds. The molecule has 2 rings (SSSR count). The second kappa shape index (κ2) is 19.6. The Morgan fingerprint density at radius 1 is 0.745 bits per heavy atom. The van der Waals surface area contributed by atoms with Gasteiger partial charge >= 0.3 is 5.97 Å². The fourth-order valence-corrected chi connectivity index (χ4v) is 4.96. The fraction of sp³-hybridized carbons (Fsp3) is 0.500. The average molecular weight is 718 g/mol. The van der Waals surface area contributed by atoms with Crippen LogP contribution in [0.1, 0.15) is 52.0 Å². The topological polar surface area (TPSA) is 331 Å². The van der Waals surface area contributed by atoms with Crippen molar-refractivity contribution in [2.45, 2.75) is 89.1 Å². The molecule has 6 atom stereocenters. The van der Waals surface area contributed by atoms with Crippen LogP contribution in [0.25, 0.3) is 10.9 Å². The number of nitrogens with two attached hydrogens (primary N) is 3. The number of carboxylic acid groups (broad SMARTS) is 1. The number of aliphatic hydroxyl groups excluding tert-OH is 1. The van der Waals surface area contributed by atoms with E-state index in [0.717, 1.165) is 10.9 Å². The number of carbonyl (C=O) groups is 8. The van der Waals surface area contributed by atoms with Crippen molar-refractivity contribution in [2.24, 2.45) is 23.1 Å². The van der Waals surface area contributed by atoms with Crippen LogP contribution in [0.15, 0.2) is 30.5 Å². The van der Waals surface area contributed by atoms with Crippen LogP contribution in [0.5, 0.6) is 0 Å². The fourth-order valence-electron chi connectivity index (χ4n) is 4.96. The molecular formula is C32H47N9O10. The lowest BCUT2D eigenvalue weighted by molar-refractivity contribution is -0.142. The third-order valence-electron chi connectivity index (χ3n) is 7.69. The summed E-state index contributed by atoms with van der Waals surface area (Å²) in [5.74, 6) is -7.71. The molecule has 1 aromatic carbocycles. The second-order valence-electron chi connectivity index (χ2n) is 12.5. The van der Waals surface area contributed by atoms with Crippen LogP contribution in [-0.4, -0.2) is 105 Å². The molecule has 2 aromatic rings. The van der Waals surface area contributed by atoms with Gasteiger partial charge in [0.25, 0.3) is 0 Å². The van der Waals surface area contributed by atoms with E-state index in [4.69, 9.17) is 22.3 Å². The maximum atomic E-state index is 13.9. The van der Waals surface area contributed by atoms with Gasteiger partial charge in [-0.15, -0.1) is 0 Å². The molecule has 0 aliphatic heterocycles. The summed E-state index contributed by atoms with van der Waals surface area (Å²) in [6, 6.07) is -1.26. The summed E-state index contributed by atoms with van der Waals surface area (Å²) in [6.07, 6.45) is 0.395. The van der Waals surface area contributed by atoms with Gasteiger partial charge in [0.2, 0.25) is 41.4 Å². The van der Waals surface area contributed by atoms with E-state index in [0.29, 0.717) is 5.56 Å². The van der Waals surface area contributed by atoms with Gasteiger partial charge in [0, 0.05) is 29.9 Å². The van der Waals surface area contributed by atoms with Gasteiger partial charge in [-0.25, -0.2) is 0 Å². The molecule has 0 spiro atoms. The normalized spacial score (nSPS) is 14.6. The maximum Gasteiger partial charge on any atom is 0.325 e. The van der Waals surface area contributed by atoms with E-state index in [1.807, 2.05) is 0 Å². The second-order valence-corrected chi connectivity index (χ2v) is 12.5. The number of benzene rings is 1. The number of amides is 7. The largest absolute Gasteiger partial charge is 0.480 e. The number of aromatic amines is 1. The van der Waals surface area contributed by atoms with Gasteiger partial charge in [-0.2, -0.15) is 0 Å². The Morgan fingerprint density at radius 2 is 1.29 bits per heavy atom. The number of hydrogen-bond donors (Lipinski definition) is 11. The first-order valence-corrected chi connectivity index (χ1v) is 16.2. The molecule has 0 radical (unpaired) electrons. The molecule has 0 unspecified atom stereocenters. The van der Waals surface area contributed by atoms with E-state index in [-0.39, 0.29) is 31.6 Å². The number of aliphatic carboxylic acids is 1. The quantitative estimate of drug-likeness (QED) is 0.0609. The highest BCUT2D eigenvalue weighted by Crippen LogP contribution is 2.20. The molecule has 19 nitrogen and oxygen atoms in total. The standard InChI is InChI=1S/C32H47N9O10/c1-15(2)10-22(29(47)41-24(14-42)31(49)37-16(3)32(50)51)39-30(48)23(11-17-13-36-20-7-5-4-6-18(17)20)40-28(46)21(8-9-25(34)43)38-27(45)19(33)12-26(35)44/h4-7,13,15-16,19,21-24,36,42H,8-12,14,33H2,1-3H3,(H2,34,43)(H2,35,44)(H,37,49)(H,38,45)(H,39,48)(H,40,46)(H,41,47)(H,50,51)/t16-,19-,21-,22-,23-,24-/m0/s1. The minimum Gasteiger partial charge on any atom is -0.480 e. The Bertz CT molecular complexity index is 1590. The van der Waals surface area contributed by atoms with Crippen LogP contribution in [0.4, 0.5) is 0 Å². The first-order chi connectivity index (χ1) is 23.9. The number of aliphatic hydroxyl groups is 1. The third-order valence-corrected chi connectivity index (χ3v) is 7.69. The summed E-state index contributed by atoms with van der Waals surface area (Å²) < 4.78 is 0. The highest BCUT2D eigenvalue weighted by atomic mass is 16.4. The highest BCUT2D eigenvalue weighted by molar-refractivity contribution is 5.97. The zero-order chi connectivity index (χ0) is 38.4. The van der Waals surface area contributed by atoms with Crippen LogP contribution < -0.4 is 43.8 Å². The molecule has 280 valence electrons. The predicted molar refractivity (Wildman–Crippen MR) is 182 cm³/mol. The van der Waals surface area contributed by atoms with Gasteiger partial charge in [-0.1, -0.05) is 32.0 Å². The van der Waals surface area contributed by atoms with Crippen LogP contribution in [0.3, 0.4) is 0 Å². The third kappa shape index (κ3) is 13.3. The van der Waals surface area contributed by atoms with E-state index in [9.17, 15) is 43.5 Å². The van der Waals surface area contributed by atoms with Gasteiger partial charge in [0.1, 0.15) is 30.2 Å². The molecule has 1 heterocycles. The number of H-pyrrole nitrogens is 1. The molecule has 0 saturated heterocycles. The average Bonchev–Trinajstić information content (AvgIpc) is 3.46. The molecule has 0 aliphatic rings. The SMILES string of the molecule is CC(C)C[C@H](NC(=O)[C@H](Cc1c[nH]c2ccccc12)NC(=O)[C@H](CCC(N)=O)NC(=O)[C@@H](N)CC(N)=O)C(=O)N[C@@H](CO)C(=O)N[C@@H](C)C(=O)O. The number of aromatic nitrogens is 1. The van der Waals surface area contributed by atoms with Crippen molar-refractivity contribution in [3.63, 3.8) is 0 Å². The molecule has 14 N–H and O–H groups in total. The van der Waals surface area contributed by atoms with Crippen LogP contribution in [0, 0.1) is 5.92 Å². The molecule has 0 aliphatic carbocycles. The molecular weight excluding hydrogens is 670 g/mol. The van der Waals surface area contributed by atoms with Gasteiger partial charge in [0.15, 0.2) is 0 Å². The smallest absolute Gasteiger partial charge is 0.325 e. The summed E-state index contributed by atoms with van der Waals surface area (Å²) >= 11 is 0. The van der Waals surface area contributed by atoms with Gasteiger partial charge in [-0.3, -0.25) is 38.4 Å². The highest BCUT2D eigenvalue weighted by Gasteiger charge is 2.33. The Morgan fingerprint density at radius 3 is 1.88 bits per heavy atom. The van der Waals surface area contributed by atoms with Gasteiger partial charge in [-0.05, 0) is 37.3 Å². The Kier molecular flexibility index (Phi) is 16.0. The van der Waals surface area contributed by atoms with E-state index in [1.165, 1.54) is 6.92 Å². The molecule has 0 fully saturated rings. The van der Waals surface area contributed by atoms with E-state index in [1.54, 1.807) is 44.3 Å². The Balaban J connectivity index is 2.41. The van der Waals surface area contributed by atoms with Crippen molar-refractivity contribution in [3.8, 4) is 0 Å². The van der Waals surface area contributed by atoms with Crippen molar-refractivity contribution < 1.29 is 48.6 Å². The van der Waals surface area contributed by atoms with Crippen molar-refractivity contribution in [2.75, 3.05) is 6.61 Å². The number of nitrogens with one attached hydrogen (secondary N) is 6. The molecule has 19 heteroatoms. The van der Waals surface area contributed by atoms with Crippen molar-refractivity contribution in [3.05, 3.63) is 36.0 Å². The minimum absolute atomic E-state index is 0.0473. The molecule has 51 heavy (non-hydrogen) atoms. The summed E-state index contributed by atoms with van der Waals surface area (Å²) in [4.78, 5) is 103. The van der Waals surface area contributed by atoms with Gasteiger partial charge in [0.05, 0.1) is 19.1 Å². The first-order valence-electron chi connectivity index (χ1n) is 16.2. The lowest BCUT2D eigenvalue weighted by Crippen LogP contribution is -2.60. The molecule has 0 bridgehead atoms. The zero-order valence-electron chi connectivity index (χ0n) is 28.6. The lowest BCUT2D eigenvalue weighted by Gasteiger charge is -2.27. The minimum atomic E-state index is -1.55. The van der Waals surface area contributed by atoms with Crippen LogP contribution >= 0.6 is 0 Å². The summed E-state index contributed by atoms with van der Waals surface area (Å²) in [5.41, 5.74) is 17.5. The van der Waals surface area contributed by atoms with E-state index in [2.05, 4.69) is 31.6 Å². The number of carbonyl (C=O) groups excluding carboxylic acids is 7. The number of rotatable bonds is 21. The summed E-state index contributed by atoms with van der Waals surface area (Å²) in [7, 11) is 0. The number of fused-ring (bicyclic) bond motifs is 1. The number of carboxylic acids is 1. The molecule has 1 aromatic heterocycles. The predicted octanol–water partition coefficient (Wildman–Crippen LogP) is -3.25. The monoisotopic (exact) mass is 717 g/mol. The van der Waals surface area contributed by atoms with Gasteiger partial charge < -0.3 is 59.0 Å². The number of primary amides is 2.